The third-order valence-corrected chi connectivity index (χ3v) is 5.32. The molecular formula is C24H26BrN3O5. The van der Waals surface area contributed by atoms with Gasteiger partial charge in [-0.15, -0.1) is 0 Å². The van der Waals surface area contributed by atoms with E-state index in [1.165, 1.54) is 19.4 Å². The fourth-order valence-corrected chi connectivity index (χ4v) is 3.75. The number of ether oxygens (including phenoxy) is 2. The van der Waals surface area contributed by atoms with Crippen LogP contribution in [0.5, 0.6) is 5.75 Å². The SMILES string of the molecule is COc1c(Br)cnc2c1cc(C(=O)NCc1ccc(C)cc1)c(=O)n2CC(=O)OC(C)(C)C. The van der Waals surface area contributed by atoms with Crippen LogP contribution in [0.2, 0.25) is 0 Å². The van der Waals surface area contributed by atoms with Gasteiger partial charge in [-0.05, 0) is 55.3 Å². The first-order chi connectivity index (χ1) is 15.5. The second-order valence-corrected chi connectivity index (χ2v) is 9.44. The Balaban J connectivity index is 2.05. The normalized spacial score (nSPS) is 11.3. The number of rotatable bonds is 6. The zero-order chi connectivity index (χ0) is 24.3. The summed E-state index contributed by atoms with van der Waals surface area (Å²) in [6.07, 6.45) is 1.48. The third-order valence-electron chi connectivity index (χ3n) is 4.75. The molecule has 3 rings (SSSR count). The summed E-state index contributed by atoms with van der Waals surface area (Å²) in [7, 11) is 1.47. The average Bonchev–Trinajstić information content (AvgIpc) is 2.73. The molecule has 3 aromatic rings. The largest absolute Gasteiger partial charge is 0.495 e. The second-order valence-electron chi connectivity index (χ2n) is 8.58. The van der Waals surface area contributed by atoms with Gasteiger partial charge in [-0.3, -0.25) is 19.0 Å². The van der Waals surface area contributed by atoms with Gasteiger partial charge in [0, 0.05) is 12.7 Å². The number of amides is 1. The number of methoxy groups -OCH3 is 1. The van der Waals surface area contributed by atoms with Crippen molar-refractivity contribution in [1.82, 2.24) is 14.9 Å². The number of benzene rings is 1. The summed E-state index contributed by atoms with van der Waals surface area (Å²) in [5, 5.41) is 3.18. The molecule has 0 aliphatic carbocycles. The number of pyridine rings is 2. The first-order valence-corrected chi connectivity index (χ1v) is 11.1. The number of nitrogens with one attached hydrogen (secondary N) is 1. The molecule has 0 saturated carbocycles. The minimum absolute atomic E-state index is 0.128. The molecule has 0 atom stereocenters. The van der Waals surface area contributed by atoms with Gasteiger partial charge < -0.3 is 14.8 Å². The second kappa shape index (κ2) is 9.74. The highest BCUT2D eigenvalue weighted by Crippen LogP contribution is 2.32. The van der Waals surface area contributed by atoms with Gasteiger partial charge in [0.15, 0.2) is 0 Å². The van der Waals surface area contributed by atoms with E-state index in [4.69, 9.17) is 9.47 Å². The van der Waals surface area contributed by atoms with Crippen molar-refractivity contribution in [2.45, 2.75) is 46.4 Å². The van der Waals surface area contributed by atoms with Gasteiger partial charge in [-0.25, -0.2) is 4.98 Å². The quantitative estimate of drug-likeness (QED) is 0.502. The van der Waals surface area contributed by atoms with Crippen molar-refractivity contribution in [3.63, 3.8) is 0 Å². The zero-order valence-corrected chi connectivity index (χ0v) is 20.8. The number of hydrogen-bond donors (Lipinski definition) is 1. The van der Waals surface area contributed by atoms with Gasteiger partial charge in [0.25, 0.3) is 11.5 Å². The summed E-state index contributed by atoms with van der Waals surface area (Å²) in [5.74, 6) is -0.792. The van der Waals surface area contributed by atoms with Crippen LogP contribution >= 0.6 is 15.9 Å². The standard InChI is InChI=1S/C24H26BrN3O5/c1-14-6-8-15(9-7-14)11-27-22(30)17-10-16-20(32-5)18(25)12-26-21(16)28(23(17)31)13-19(29)33-24(2,3)4/h6-10,12H,11,13H2,1-5H3,(H,27,30). The molecule has 0 saturated heterocycles. The molecule has 1 aromatic carbocycles. The van der Waals surface area contributed by atoms with E-state index in [2.05, 4.69) is 26.2 Å². The maximum Gasteiger partial charge on any atom is 0.326 e. The summed E-state index contributed by atoms with van der Waals surface area (Å²) in [4.78, 5) is 43.1. The van der Waals surface area contributed by atoms with E-state index < -0.39 is 29.6 Å². The maximum atomic E-state index is 13.3. The molecule has 0 unspecified atom stereocenters. The van der Waals surface area contributed by atoms with Crippen molar-refractivity contribution < 1.29 is 19.1 Å². The van der Waals surface area contributed by atoms with Crippen LogP contribution in [0.15, 0.2) is 45.8 Å². The van der Waals surface area contributed by atoms with Crippen LogP contribution in [0, 0.1) is 6.92 Å². The van der Waals surface area contributed by atoms with E-state index in [0.29, 0.717) is 15.6 Å². The lowest BCUT2D eigenvalue weighted by molar-refractivity contribution is -0.155. The molecular weight excluding hydrogens is 490 g/mol. The molecule has 1 N–H and O–H groups in total. The average molecular weight is 516 g/mol. The summed E-state index contributed by atoms with van der Waals surface area (Å²) < 4.78 is 12.5. The Hall–Kier alpha value is -3.20. The van der Waals surface area contributed by atoms with Gasteiger partial charge in [0.05, 0.1) is 17.0 Å². The Kier molecular flexibility index (Phi) is 7.22. The van der Waals surface area contributed by atoms with E-state index in [1.54, 1.807) is 20.8 Å². The summed E-state index contributed by atoms with van der Waals surface area (Å²) in [6, 6.07) is 9.13. The number of carbonyl (C=O) groups is 2. The molecule has 0 fully saturated rings. The Bertz CT molecular complexity index is 1260. The predicted octanol–water partition coefficient (Wildman–Crippen LogP) is 3.75. The number of carbonyl (C=O) groups excluding carboxylic acids is 2. The molecule has 0 aliphatic rings. The van der Waals surface area contributed by atoms with Gasteiger partial charge >= 0.3 is 5.97 Å². The zero-order valence-electron chi connectivity index (χ0n) is 19.2. The smallest absolute Gasteiger partial charge is 0.326 e. The monoisotopic (exact) mass is 515 g/mol. The summed E-state index contributed by atoms with van der Waals surface area (Å²) >= 11 is 3.37. The van der Waals surface area contributed by atoms with Gasteiger partial charge in [0.2, 0.25) is 0 Å². The molecule has 0 radical (unpaired) electrons. The van der Waals surface area contributed by atoms with Crippen LogP contribution in [-0.2, 0) is 22.6 Å². The number of halogens is 1. The topological polar surface area (TPSA) is 99.5 Å². The molecule has 1 amide bonds. The third kappa shape index (κ3) is 5.78. The van der Waals surface area contributed by atoms with Crippen molar-refractivity contribution in [2.24, 2.45) is 0 Å². The minimum Gasteiger partial charge on any atom is -0.495 e. The Morgan fingerprint density at radius 3 is 2.45 bits per heavy atom. The Morgan fingerprint density at radius 1 is 1.18 bits per heavy atom. The van der Waals surface area contributed by atoms with Crippen molar-refractivity contribution in [3.8, 4) is 5.75 Å². The van der Waals surface area contributed by atoms with E-state index >= 15 is 0 Å². The van der Waals surface area contributed by atoms with Crippen LogP contribution in [0.4, 0.5) is 0 Å². The van der Waals surface area contributed by atoms with Crippen molar-refractivity contribution >= 4 is 38.8 Å². The lowest BCUT2D eigenvalue weighted by atomic mass is 10.1. The predicted molar refractivity (Wildman–Crippen MR) is 128 cm³/mol. The number of nitrogens with zero attached hydrogens (tertiary/aromatic N) is 2. The van der Waals surface area contributed by atoms with Gasteiger partial charge in [-0.2, -0.15) is 0 Å². The van der Waals surface area contributed by atoms with Crippen LogP contribution < -0.4 is 15.6 Å². The van der Waals surface area contributed by atoms with Crippen LogP contribution in [0.25, 0.3) is 11.0 Å². The summed E-state index contributed by atoms with van der Waals surface area (Å²) in [6.45, 7) is 7.03. The number of esters is 1. The first-order valence-electron chi connectivity index (χ1n) is 10.3. The molecule has 0 bridgehead atoms. The first kappa shape index (κ1) is 24.4. The minimum atomic E-state index is -0.729. The highest BCUT2D eigenvalue weighted by Gasteiger charge is 2.23. The molecule has 8 nitrogen and oxygen atoms in total. The lowest BCUT2D eigenvalue weighted by Crippen LogP contribution is -2.36. The van der Waals surface area contributed by atoms with Crippen molar-refractivity contribution in [2.75, 3.05) is 7.11 Å². The molecule has 0 spiro atoms. The van der Waals surface area contributed by atoms with E-state index in [1.807, 2.05) is 31.2 Å². The number of hydrogen-bond acceptors (Lipinski definition) is 6. The highest BCUT2D eigenvalue weighted by atomic mass is 79.9. The highest BCUT2D eigenvalue weighted by molar-refractivity contribution is 9.10. The number of aromatic nitrogens is 2. The lowest BCUT2D eigenvalue weighted by Gasteiger charge is -2.20. The number of aryl methyl sites for hydroxylation is 1. The molecule has 2 heterocycles. The number of fused-ring (bicyclic) bond motifs is 1. The maximum absolute atomic E-state index is 13.3. The Morgan fingerprint density at radius 2 is 1.85 bits per heavy atom. The van der Waals surface area contributed by atoms with Crippen molar-refractivity contribution in [1.29, 1.82) is 0 Å². The fraction of sp³-hybridized carbons (Fsp3) is 0.333. The molecule has 2 aromatic heterocycles. The fourth-order valence-electron chi connectivity index (χ4n) is 3.27. The molecule has 0 aliphatic heterocycles. The van der Waals surface area contributed by atoms with Crippen LogP contribution in [0.1, 0.15) is 42.3 Å². The Labute approximate surface area is 200 Å². The molecule has 33 heavy (non-hydrogen) atoms. The van der Waals surface area contributed by atoms with Crippen molar-refractivity contribution in [3.05, 3.63) is 68.0 Å². The molecule has 174 valence electrons. The summed E-state index contributed by atoms with van der Waals surface area (Å²) in [5.41, 5.74) is 0.706. The van der Waals surface area contributed by atoms with Crippen LogP contribution in [0.3, 0.4) is 0 Å². The van der Waals surface area contributed by atoms with E-state index in [0.717, 1.165) is 15.7 Å². The van der Waals surface area contributed by atoms with Gasteiger partial charge in [-0.1, -0.05) is 29.8 Å². The molecule has 9 heteroatoms. The van der Waals surface area contributed by atoms with Gasteiger partial charge in [0.1, 0.15) is 29.1 Å². The van der Waals surface area contributed by atoms with Crippen LogP contribution in [-0.4, -0.2) is 34.1 Å². The van der Waals surface area contributed by atoms with E-state index in [-0.39, 0.29) is 17.8 Å². The van der Waals surface area contributed by atoms with E-state index in [9.17, 15) is 14.4 Å².